The van der Waals surface area contributed by atoms with Crippen molar-refractivity contribution < 1.29 is 14.3 Å². The summed E-state index contributed by atoms with van der Waals surface area (Å²) in [7, 11) is 1.50. The molecule has 0 spiro atoms. The van der Waals surface area contributed by atoms with Gasteiger partial charge in [0, 0.05) is 44.7 Å². The van der Waals surface area contributed by atoms with Gasteiger partial charge in [0.25, 0.3) is 5.91 Å². The molecule has 0 unspecified atom stereocenters. The lowest BCUT2D eigenvalue weighted by atomic mass is 10.1. The number of piperazine rings is 1. The Bertz CT molecular complexity index is 872. The summed E-state index contributed by atoms with van der Waals surface area (Å²) in [4.78, 5) is 17.1. The number of hydrogen-bond acceptors (Lipinski definition) is 4. The van der Waals surface area contributed by atoms with Crippen LogP contribution in [0.5, 0.6) is 11.5 Å². The average Bonchev–Trinajstić information content (AvgIpc) is 3.15. The van der Waals surface area contributed by atoms with E-state index in [1.165, 1.54) is 18.2 Å². The maximum absolute atomic E-state index is 12.8. The number of carbonyl (C=O) groups excluding carboxylic acids is 1. The van der Waals surface area contributed by atoms with Crippen molar-refractivity contribution in [3.63, 3.8) is 0 Å². The normalized spacial score (nSPS) is 16.6. The first-order valence-electron chi connectivity index (χ1n) is 9.34. The van der Waals surface area contributed by atoms with Gasteiger partial charge in [0.15, 0.2) is 5.75 Å². The number of benzene rings is 2. The predicted octanol–water partition coefficient (Wildman–Crippen LogP) is 3.89. The highest BCUT2D eigenvalue weighted by Crippen LogP contribution is 2.34. The molecule has 0 saturated carbocycles. The summed E-state index contributed by atoms with van der Waals surface area (Å²) in [5, 5.41) is 0.690. The van der Waals surface area contributed by atoms with Crippen LogP contribution in [0.25, 0.3) is 0 Å². The van der Waals surface area contributed by atoms with Gasteiger partial charge in [-0.1, -0.05) is 35.3 Å². The SMILES string of the molecule is COc1c(Cl)cc(C(=O)N2CCN(Cc3ccc4c(c3)CCO4)CC2)cc1Cl. The Morgan fingerprint density at radius 2 is 1.82 bits per heavy atom. The van der Waals surface area contributed by atoms with Crippen molar-refractivity contribution in [1.82, 2.24) is 9.80 Å². The molecule has 1 saturated heterocycles. The van der Waals surface area contributed by atoms with Crippen molar-refractivity contribution in [2.24, 2.45) is 0 Å². The van der Waals surface area contributed by atoms with Gasteiger partial charge in [-0.2, -0.15) is 0 Å². The summed E-state index contributed by atoms with van der Waals surface area (Å²) in [6, 6.07) is 9.67. The Hall–Kier alpha value is -1.95. The topological polar surface area (TPSA) is 42.0 Å². The highest BCUT2D eigenvalue weighted by molar-refractivity contribution is 6.37. The highest BCUT2D eigenvalue weighted by Gasteiger charge is 2.24. The van der Waals surface area contributed by atoms with Crippen LogP contribution < -0.4 is 9.47 Å². The lowest BCUT2D eigenvalue weighted by Crippen LogP contribution is -2.48. The minimum atomic E-state index is -0.0548. The first kappa shape index (κ1) is 19.4. The Morgan fingerprint density at radius 3 is 2.50 bits per heavy atom. The van der Waals surface area contributed by atoms with E-state index in [0.29, 0.717) is 34.4 Å². The highest BCUT2D eigenvalue weighted by atomic mass is 35.5. The summed E-state index contributed by atoms with van der Waals surface area (Å²) in [5.41, 5.74) is 3.07. The molecule has 0 aliphatic carbocycles. The summed E-state index contributed by atoms with van der Waals surface area (Å²) in [5.74, 6) is 1.35. The number of nitrogens with zero attached hydrogens (tertiary/aromatic N) is 2. The van der Waals surface area contributed by atoms with Crippen LogP contribution in [0, 0.1) is 0 Å². The van der Waals surface area contributed by atoms with Crippen LogP contribution in [0.4, 0.5) is 0 Å². The molecular weight excluding hydrogens is 399 g/mol. The molecule has 7 heteroatoms. The molecule has 4 rings (SSSR count). The van der Waals surface area contributed by atoms with Gasteiger partial charge >= 0.3 is 0 Å². The van der Waals surface area contributed by atoms with Gasteiger partial charge < -0.3 is 14.4 Å². The molecule has 0 aromatic heterocycles. The lowest BCUT2D eigenvalue weighted by molar-refractivity contribution is 0.0628. The monoisotopic (exact) mass is 420 g/mol. The lowest BCUT2D eigenvalue weighted by Gasteiger charge is -2.35. The van der Waals surface area contributed by atoms with E-state index in [-0.39, 0.29) is 5.91 Å². The van der Waals surface area contributed by atoms with Crippen LogP contribution >= 0.6 is 23.2 Å². The molecule has 2 aliphatic heterocycles. The van der Waals surface area contributed by atoms with E-state index in [2.05, 4.69) is 23.1 Å². The smallest absolute Gasteiger partial charge is 0.254 e. The molecule has 2 aliphatic rings. The molecule has 2 heterocycles. The van der Waals surface area contributed by atoms with Gasteiger partial charge in [-0.05, 0) is 29.3 Å². The summed E-state index contributed by atoms with van der Waals surface area (Å²) < 4.78 is 10.7. The van der Waals surface area contributed by atoms with E-state index in [1.54, 1.807) is 12.1 Å². The second kappa shape index (κ2) is 8.19. The number of hydrogen-bond donors (Lipinski definition) is 0. The van der Waals surface area contributed by atoms with E-state index in [9.17, 15) is 4.79 Å². The van der Waals surface area contributed by atoms with Crippen molar-refractivity contribution in [2.45, 2.75) is 13.0 Å². The number of amides is 1. The summed E-state index contributed by atoms with van der Waals surface area (Å²) >= 11 is 12.3. The quantitative estimate of drug-likeness (QED) is 0.751. The Kier molecular flexibility index (Phi) is 5.67. The van der Waals surface area contributed by atoms with E-state index in [1.807, 2.05) is 4.90 Å². The van der Waals surface area contributed by atoms with E-state index < -0.39 is 0 Å². The molecule has 0 radical (unpaired) electrons. The van der Waals surface area contributed by atoms with Gasteiger partial charge in [0.1, 0.15) is 5.75 Å². The van der Waals surface area contributed by atoms with Crippen molar-refractivity contribution in [1.29, 1.82) is 0 Å². The number of ether oxygens (including phenoxy) is 2. The van der Waals surface area contributed by atoms with Crippen LogP contribution in [0.3, 0.4) is 0 Å². The van der Waals surface area contributed by atoms with E-state index >= 15 is 0 Å². The standard InChI is InChI=1S/C21H22Cl2N2O3/c1-27-20-17(22)11-16(12-18(20)23)21(26)25-7-5-24(6-8-25)13-14-2-3-19-15(10-14)4-9-28-19/h2-3,10-12H,4-9,13H2,1H3. The molecule has 28 heavy (non-hydrogen) atoms. The Morgan fingerprint density at radius 1 is 1.11 bits per heavy atom. The second-order valence-corrected chi connectivity index (χ2v) is 7.90. The van der Waals surface area contributed by atoms with Crippen LogP contribution in [0.1, 0.15) is 21.5 Å². The largest absolute Gasteiger partial charge is 0.494 e. The van der Waals surface area contributed by atoms with E-state index in [0.717, 1.165) is 38.4 Å². The average molecular weight is 421 g/mol. The van der Waals surface area contributed by atoms with Crippen molar-refractivity contribution >= 4 is 29.1 Å². The van der Waals surface area contributed by atoms with Crippen LogP contribution in [0.2, 0.25) is 10.0 Å². The molecule has 148 valence electrons. The molecule has 0 atom stereocenters. The summed E-state index contributed by atoms with van der Waals surface area (Å²) in [6.45, 7) is 4.67. The van der Waals surface area contributed by atoms with Crippen LogP contribution in [-0.2, 0) is 13.0 Å². The van der Waals surface area contributed by atoms with Crippen LogP contribution in [0.15, 0.2) is 30.3 Å². The first-order chi connectivity index (χ1) is 13.5. The molecule has 0 N–H and O–H groups in total. The van der Waals surface area contributed by atoms with Gasteiger partial charge in [-0.3, -0.25) is 9.69 Å². The minimum Gasteiger partial charge on any atom is -0.494 e. The molecule has 1 amide bonds. The number of methoxy groups -OCH3 is 1. The zero-order valence-electron chi connectivity index (χ0n) is 15.7. The number of halogens is 2. The van der Waals surface area contributed by atoms with Gasteiger partial charge in [-0.15, -0.1) is 0 Å². The predicted molar refractivity (Wildman–Crippen MR) is 110 cm³/mol. The number of carbonyl (C=O) groups is 1. The third kappa shape index (κ3) is 3.93. The third-order valence-electron chi connectivity index (χ3n) is 5.27. The zero-order valence-corrected chi connectivity index (χ0v) is 17.2. The fourth-order valence-electron chi connectivity index (χ4n) is 3.77. The molecule has 1 fully saturated rings. The first-order valence-corrected chi connectivity index (χ1v) is 10.1. The van der Waals surface area contributed by atoms with Crippen LogP contribution in [-0.4, -0.2) is 55.6 Å². The molecule has 0 bridgehead atoms. The van der Waals surface area contributed by atoms with Crippen molar-refractivity contribution in [3.05, 3.63) is 57.1 Å². The fraction of sp³-hybridized carbons (Fsp3) is 0.381. The van der Waals surface area contributed by atoms with Gasteiger partial charge in [0.05, 0.1) is 23.8 Å². The second-order valence-electron chi connectivity index (χ2n) is 7.08. The molecule has 5 nitrogen and oxygen atoms in total. The molecular formula is C21H22Cl2N2O3. The minimum absolute atomic E-state index is 0.0548. The van der Waals surface area contributed by atoms with Crippen molar-refractivity contribution in [2.75, 3.05) is 39.9 Å². The van der Waals surface area contributed by atoms with E-state index in [4.69, 9.17) is 32.7 Å². The maximum atomic E-state index is 12.8. The Labute approximate surface area is 174 Å². The zero-order chi connectivity index (χ0) is 19.7. The van der Waals surface area contributed by atoms with Gasteiger partial charge in [0.2, 0.25) is 0 Å². The summed E-state index contributed by atoms with van der Waals surface area (Å²) in [6.07, 6.45) is 0.985. The number of rotatable bonds is 4. The van der Waals surface area contributed by atoms with Gasteiger partial charge in [-0.25, -0.2) is 0 Å². The third-order valence-corrected chi connectivity index (χ3v) is 5.83. The Balaban J connectivity index is 1.37. The maximum Gasteiger partial charge on any atom is 0.254 e. The molecule has 2 aromatic rings. The fourth-order valence-corrected chi connectivity index (χ4v) is 4.41. The van der Waals surface area contributed by atoms with Crippen molar-refractivity contribution in [3.8, 4) is 11.5 Å². The molecule has 2 aromatic carbocycles. The number of fused-ring (bicyclic) bond motifs is 1.